The molecule has 2 nitrogen and oxygen atoms in total. The summed E-state index contributed by atoms with van der Waals surface area (Å²) in [5.74, 6) is 0.669. The summed E-state index contributed by atoms with van der Waals surface area (Å²) < 4.78 is 0. The van der Waals surface area contributed by atoms with Gasteiger partial charge in [-0.2, -0.15) is 11.8 Å². The van der Waals surface area contributed by atoms with E-state index < -0.39 is 0 Å². The SMILES string of the molecule is CC1CN(C(CN)C(C)C)CC(C)S1. The average Bonchev–Trinajstić information content (AvgIpc) is 2.02. The van der Waals surface area contributed by atoms with Crippen molar-refractivity contribution in [1.82, 2.24) is 4.90 Å². The lowest BCUT2D eigenvalue weighted by Crippen LogP contribution is -2.51. The molecule has 1 saturated heterocycles. The number of hydrogen-bond donors (Lipinski definition) is 1. The van der Waals surface area contributed by atoms with Crippen molar-refractivity contribution in [3.8, 4) is 0 Å². The van der Waals surface area contributed by atoms with Gasteiger partial charge >= 0.3 is 0 Å². The summed E-state index contributed by atoms with van der Waals surface area (Å²) in [6.45, 7) is 12.4. The molecule has 0 saturated carbocycles. The minimum absolute atomic E-state index is 0.570. The molecule has 1 fully saturated rings. The Kier molecular flexibility index (Phi) is 4.74. The fourth-order valence-electron chi connectivity index (χ4n) is 2.33. The monoisotopic (exact) mass is 216 g/mol. The molecule has 2 N–H and O–H groups in total. The second-order valence-corrected chi connectivity index (χ2v) is 6.64. The van der Waals surface area contributed by atoms with E-state index in [0.29, 0.717) is 12.0 Å². The minimum atomic E-state index is 0.570. The molecule has 1 aliphatic rings. The van der Waals surface area contributed by atoms with Gasteiger partial charge in [0.2, 0.25) is 0 Å². The maximum absolute atomic E-state index is 5.85. The summed E-state index contributed by atoms with van der Waals surface area (Å²) in [6.07, 6.45) is 0. The van der Waals surface area contributed by atoms with Gasteiger partial charge in [0.15, 0.2) is 0 Å². The van der Waals surface area contributed by atoms with Gasteiger partial charge in [0.1, 0.15) is 0 Å². The zero-order chi connectivity index (χ0) is 10.7. The first-order valence-electron chi connectivity index (χ1n) is 5.64. The Morgan fingerprint density at radius 2 is 1.79 bits per heavy atom. The second kappa shape index (κ2) is 5.38. The average molecular weight is 216 g/mol. The van der Waals surface area contributed by atoms with Crippen molar-refractivity contribution in [1.29, 1.82) is 0 Å². The van der Waals surface area contributed by atoms with Gasteiger partial charge in [0.25, 0.3) is 0 Å². The molecule has 0 amide bonds. The first-order valence-corrected chi connectivity index (χ1v) is 6.58. The fraction of sp³-hybridized carbons (Fsp3) is 1.00. The van der Waals surface area contributed by atoms with Gasteiger partial charge in [-0.25, -0.2) is 0 Å². The van der Waals surface area contributed by atoms with E-state index in [1.54, 1.807) is 0 Å². The van der Waals surface area contributed by atoms with Crippen LogP contribution in [0.15, 0.2) is 0 Å². The Hall–Kier alpha value is 0.270. The van der Waals surface area contributed by atoms with Gasteiger partial charge in [-0.3, -0.25) is 4.90 Å². The minimum Gasteiger partial charge on any atom is -0.329 e. The lowest BCUT2D eigenvalue weighted by Gasteiger charge is -2.41. The van der Waals surface area contributed by atoms with E-state index in [9.17, 15) is 0 Å². The van der Waals surface area contributed by atoms with Crippen molar-refractivity contribution in [2.45, 2.75) is 44.2 Å². The number of hydrogen-bond acceptors (Lipinski definition) is 3. The van der Waals surface area contributed by atoms with Crippen molar-refractivity contribution in [2.75, 3.05) is 19.6 Å². The number of rotatable bonds is 3. The zero-order valence-corrected chi connectivity index (χ0v) is 10.7. The van der Waals surface area contributed by atoms with Gasteiger partial charge in [-0.05, 0) is 5.92 Å². The van der Waals surface area contributed by atoms with Crippen LogP contribution < -0.4 is 5.73 Å². The Bertz CT molecular complexity index is 163. The van der Waals surface area contributed by atoms with E-state index in [1.807, 2.05) is 0 Å². The number of nitrogens with two attached hydrogens (primary N) is 1. The van der Waals surface area contributed by atoms with E-state index >= 15 is 0 Å². The molecule has 0 aromatic rings. The highest BCUT2D eigenvalue weighted by Crippen LogP contribution is 2.27. The van der Waals surface area contributed by atoms with Gasteiger partial charge in [0.05, 0.1) is 0 Å². The largest absolute Gasteiger partial charge is 0.329 e. The summed E-state index contributed by atoms with van der Waals surface area (Å²) in [6, 6.07) is 0.570. The third-order valence-corrected chi connectivity index (χ3v) is 4.16. The Morgan fingerprint density at radius 1 is 1.29 bits per heavy atom. The smallest absolute Gasteiger partial charge is 0.0242 e. The number of thioether (sulfide) groups is 1. The maximum Gasteiger partial charge on any atom is 0.0242 e. The molecule has 0 aromatic heterocycles. The Balaban J connectivity index is 2.56. The summed E-state index contributed by atoms with van der Waals surface area (Å²) in [4.78, 5) is 2.58. The highest BCUT2D eigenvalue weighted by molar-refractivity contribution is 8.00. The third kappa shape index (κ3) is 3.14. The lowest BCUT2D eigenvalue weighted by molar-refractivity contribution is 0.158. The van der Waals surface area contributed by atoms with Gasteiger partial charge in [-0.1, -0.05) is 27.7 Å². The molecule has 3 heteroatoms. The topological polar surface area (TPSA) is 29.3 Å². The van der Waals surface area contributed by atoms with E-state index in [1.165, 1.54) is 13.1 Å². The quantitative estimate of drug-likeness (QED) is 0.780. The van der Waals surface area contributed by atoms with Crippen LogP contribution in [0.4, 0.5) is 0 Å². The van der Waals surface area contributed by atoms with Crippen LogP contribution in [0.2, 0.25) is 0 Å². The predicted octanol–water partition coefficient (Wildman–Crippen LogP) is 1.80. The van der Waals surface area contributed by atoms with Crippen LogP contribution in [0, 0.1) is 5.92 Å². The molecule has 3 unspecified atom stereocenters. The first kappa shape index (κ1) is 12.3. The summed E-state index contributed by atoms with van der Waals surface area (Å²) >= 11 is 2.10. The molecule has 14 heavy (non-hydrogen) atoms. The molecule has 0 aromatic carbocycles. The second-order valence-electron chi connectivity index (χ2n) is 4.76. The molecule has 1 aliphatic heterocycles. The standard InChI is InChI=1S/C11H24N2S/c1-8(2)11(5-12)13-6-9(3)14-10(4)7-13/h8-11H,5-7,12H2,1-4H3. The molecule has 1 rings (SSSR count). The molecule has 0 radical (unpaired) electrons. The van der Waals surface area contributed by atoms with Gasteiger partial charge < -0.3 is 5.73 Å². The maximum atomic E-state index is 5.85. The summed E-state index contributed by atoms with van der Waals surface area (Å²) in [7, 11) is 0. The fourth-order valence-corrected chi connectivity index (χ4v) is 3.68. The highest BCUT2D eigenvalue weighted by atomic mass is 32.2. The van der Waals surface area contributed by atoms with Gasteiger partial charge in [-0.15, -0.1) is 0 Å². The molecule has 1 heterocycles. The van der Waals surface area contributed by atoms with E-state index in [-0.39, 0.29) is 0 Å². The zero-order valence-electron chi connectivity index (χ0n) is 9.86. The molecule has 84 valence electrons. The lowest BCUT2D eigenvalue weighted by atomic mass is 10.0. The van der Waals surface area contributed by atoms with Crippen LogP contribution in [0.1, 0.15) is 27.7 Å². The van der Waals surface area contributed by atoms with Crippen molar-refractivity contribution >= 4 is 11.8 Å². The van der Waals surface area contributed by atoms with E-state index in [4.69, 9.17) is 5.73 Å². The molecule has 3 atom stereocenters. The first-order chi connectivity index (χ1) is 6.54. The van der Waals surface area contributed by atoms with E-state index in [2.05, 4.69) is 44.4 Å². The molecular formula is C11H24N2S. The van der Waals surface area contributed by atoms with Crippen molar-refractivity contribution < 1.29 is 0 Å². The molecular weight excluding hydrogens is 192 g/mol. The predicted molar refractivity (Wildman–Crippen MR) is 65.8 cm³/mol. The van der Waals surface area contributed by atoms with Crippen molar-refractivity contribution in [3.63, 3.8) is 0 Å². The van der Waals surface area contributed by atoms with Crippen LogP contribution in [0.25, 0.3) is 0 Å². The summed E-state index contributed by atoms with van der Waals surface area (Å²) in [5, 5.41) is 1.51. The third-order valence-electron chi connectivity index (χ3n) is 2.93. The van der Waals surface area contributed by atoms with E-state index in [0.717, 1.165) is 17.0 Å². The van der Waals surface area contributed by atoms with Gasteiger partial charge in [0, 0.05) is 36.2 Å². The molecule has 0 aliphatic carbocycles. The summed E-state index contributed by atoms with van der Waals surface area (Å²) in [5.41, 5.74) is 5.85. The Morgan fingerprint density at radius 3 is 2.14 bits per heavy atom. The van der Waals surface area contributed by atoms with Crippen LogP contribution >= 0.6 is 11.8 Å². The normalized spacial score (nSPS) is 32.1. The number of nitrogens with zero attached hydrogens (tertiary/aromatic N) is 1. The highest BCUT2D eigenvalue weighted by Gasteiger charge is 2.28. The van der Waals surface area contributed by atoms with Crippen LogP contribution in [0.3, 0.4) is 0 Å². The van der Waals surface area contributed by atoms with Crippen LogP contribution in [-0.2, 0) is 0 Å². The van der Waals surface area contributed by atoms with Crippen molar-refractivity contribution in [3.05, 3.63) is 0 Å². The van der Waals surface area contributed by atoms with Crippen LogP contribution in [-0.4, -0.2) is 41.1 Å². The molecule has 0 spiro atoms. The van der Waals surface area contributed by atoms with Crippen molar-refractivity contribution in [2.24, 2.45) is 11.7 Å². The molecule has 0 bridgehead atoms. The van der Waals surface area contributed by atoms with Crippen LogP contribution in [0.5, 0.6) is 0 Å². The Labute approximate surface area is 92.6 Å².